The van der Waals surface area contributed by atoms with Crippen molar-refractivity contribution >= 4 is 15.9 Å². The second-order valence-corrected chi connectivity index (χ2v) is 7.46. The minimum atomic E-state index is -3.57. The Labute approximate surface area is 145 Å². The lowest BCUT2D eigenvalue weighted by Crippen LogP contribution is -2.31. The third kappa shape index (κ3) is 5.29. The number of unbranched alkanes of at least 4 members (excludes halogenated alkanes) is 1. The Morgan fingerprint density at radius 3 is 2.46 bits per heavy atom. The number of benzene rings is 1. The molecular weight excluding hydrogens is 328 g/mol. The van der Waals surface area contributed by atoms with Gasteiger partial charge in [-0.25, -0.2) is 8.42 Å². The third-order valence-corrected chi connectivity index (χ3v) is 5.90. The summed E-state index contributed by atoms with van der Waals surface area (Å²) in [7, 11) is -1.93. The average molecular weight is 356 g/mol. The van der Waals surface area contributed by atoms with Gasteiger partial charge in [0.25, 0.3) is 5.91 Å². The molecule has 0 aromatic heterocycles. The Kier molecular flexibility index (Phi) is 8.38. The predicted molar refractivity (Wildman–Crippen MR) is 94.7 cm³/mol. The Bertz CT molecular complexity index is 640. The average Bonchev–Trinajstić information content (AvgIpc) is 2.55. The second kappa shape index (κ2) is 9.76. The van der Waals surface area contributed by atoms with Crippen molar-refractivity contribution in [2.75, 3.05) is 33.4 Å². The fraction of sp³-hybridized carbons (Fsp3) is 0.588. The first-order valence-electron chi connectivity index (χ1n) is 8.26. The standard InChI is InChI=1S/C17H28N2O4S/c1-5-19(6-2)24(21,22)15-10-9-14(3)16(13-15)17(20)18-11-7-8-12-23-4/h9-10,13H,5-8,11-12H2,1-4H3,(H,18,20). The van der Waals surface area contributed by atoms with Crippen LogP contribution in [0.15, 0.2) is 23.1 Å². The molecule has 0 aliphatic heterocycles. The van der Waals surface area contributed by atoms with Crippen LogP contribution in [0.5, 0.6) is 0 Å². The van der Waals surface area contributed by atoms with Crippen molar-refractivity contribution in [3.63, 3.8) is 0 Å². The van der Waals surface area contributed by atoms with Gasteiger partial charge in [0, 0.05) is 38.9 Å². The van der Waals surface area contributed by atoms with E-state index in [1.807, 2.05) is 0 Å². The highest BCUT2D eigenvalue weighted by Crippen LogP contribution is 2.19. The third-order valence-electron chi connectivity index (χ3n) is 3.86. The summed E-state index contributed by atoms with van der Waals surface area (Å²) in [5.74, 6) is -0.249. The number of nitrogens with one attached hydrogen (secondary N) is 1. The summed E-state index contributed by atoms with van der Waals surface area (Å²) in [6.07, 6.45) is 1.68. The lowest BCUT2D eigenvalue weighted by Gasteiger charge is -2.19. The summed E-state index contributed by atoms with van der Waals surface area (Å²) in [6.45, 7) is 7.38. The molecule has 0 spiro atoms. The molecule has 1 aromatic rings. The molecule has 1 amide bonds. The van der Waals surface area contributed by atoms with Crippen molar-refractivity contribution in [1.29, 1.82) is 0 Å². The molecule has 0 aliphatic rings. The topological polar surface area (TPSA) is 75.7 Å². The fourth-order valence-electron chi connectivity index (χ4n) is 2.39. The van der Waals surface area contributed by atoms with E-state index in [1.54, 1.807) is 40.0 Å². The maximum atomic E-state index is 12.6. The minimum absolute atomic E-state index is 0.154. The highest BCUT2D eigenvalue weighted by molar-refractivity contribution is 7.89. The second-order valence-electron chi connectivity index (χ2n) is 5.52. The van der Waals surface area contributed by atoms with E-state index in [9.17, 15) is 13.2 Å². The summed E-state index contributed by atoms with van der Waals surface area (Å²) in [6, 6.07) is 4.70. The van der Waals surface area contributed by atoms with Crippen molar-refractivity contribution in [2.45, 2.75) is 38.5 Å². The molecule has 0 radical (unpaired) electrons. The Morgan fingerprint density at radius 1 is 1.21 bits per heavy atom. The van der Waals surface area contributed by atoms with Gasteiger partial charge in [-0.2, -0.15) is 4.31 Å². The quantitative estimate of drug-likeness (QED) is 0.652. The van der Waals surface area contributed by atoms with Gasteiger partial charge in [-0.1, -0.05) is 19.9 Å². The van der Waals surface area contributed by atoms with Gasteiger partial charge < -0.3 is 10.1 Å². The highest BCUT2D eigenvalue weighted by atomic mass is 32.2. The molecule has 0 fully saturated rings. The van der Waals surface area contributed by atoms with E-state index in [0.717, 1.165) is 18.4 Å². The van der Waals surface area contributed by atoms with Gasteiger partial charge in [0.2, 0.25) is 10.0 Å². The van der Waals surface area contributed by atoms with E-state index < -0.39 is 10.0 Å². The van der Waals surface area contributed by atoms with Gasteiger partial charge in [-0.3, -0.25) is 4.79 Å². The number of hydrogen-bond donors (Lipinski definition) is 1. The molecule has 7 heteroatoms. The van der Waals surface area contributed by atoms with Crippen LogP contribution in [-0.4, -0.2) is 52.0 Å². The first kappa shape index (κ1) is 20.6. The molecule has 1 N–H and O–H groups in total. The molecule has 0 bridgehead atoms. The first-order valence-corrected chi connectivity index (χ1v) is 9.70. The molecule has 0 saturated heterocycles. The summed E-state index contributed by atoms with van der Waals surface area (Å²) < 4.78 is 31.5. The van der Waals surface area contributed by atoms with Crippen LogP contribution >= 0.6 is 0 Å². The molecule has 0 saturated carbocycles. The molecule has 0 unspecified atom stereocenters. The summed E-state index contributed by atoms with van der Waals surface area (Å²) >= 11 is 0. The zero-order chi connectivity index (χ0) is 18.2. The SMILES string of the molecule is CCN(CC)S(=O)(=O)c1ccc(C)c(C(=O)NCCCCOC)c1. The predicted octanol–water partition coefficient (Wildman–Crippen LogP) is 2.18. The van der Waals surface area contributed by atoms with Crippen LogP contribution in [-0.2, 0) is 14.8 Å². The number of ether oxygens (including phenoxy) is 1. The molecule has 136 valence electrons. The van der Waals surface area contributed by atoms with E-state index in [-0.39, 0.29) is 10.8 Å². The fourth-order valence-corrected chi connectivity index (χ4v) is 3.87. The monoisotopic (exact) mass is 356 g/mol. The van der Waals surface area contributed by atoms with E-state index in [0.29, 0.717) is 31.8 Å². The van der Waals surface area contributed by atoms with Crippen LogP contribution in [0.4, 0.5) is 0 Å². The molecule has 0 heterocycles. The number of amides is 1. The number of carbonyl (C=O) groups excluding carboxylic acids is 1. The van der Waals surface area contributed by atoms with Crippen LogP contribution in [0.1, 0.15) is 42.6 Å². The van der Waals surface area contributed by atoms with Gasteiger partial charge in [-0.15, -0.1) is 0 Å². The maximum Gasteiger partial charge on any atom is 0.251 e. The smallest absolute Gasteiger partial charge is 0.251 e. The lowest BCUT2D eigenvalue weighted by molar-refractivity contribution is 0.0950. The largest absolute Gasteiger partial charge is 0.385 e. The summed E-state index contributed by atoms with van der Waals surface area (Å²) in [4.78, 5) is 12.5. The lowest BCUT2D eigenvalue weighted by atomic mass is 10.1. The highest BCUT2D eigenvalue weighted by Gasteiger charge is 2.23. The minimum Gasteiger partial charge on any atom is -0.385 e. The Morgan fingerprint density at radius 2 is 1.88 bits per heavy atom. The van der Waals surface area contributed by atoms with Crippen LogP contribution in [0, 0.1) is 6.92 Å². The van der Waals surface area contributed by atoms with E-state index in [2.05, 4.69) is 5.32 Å². The van der Waals surface area contributed by atoms with Crippen molar-refractivity contribution < 1.29 is 17.9 Å². The Hall–Kier alpha value is -1.44. The summed E-state index contributed by atoms with van der Waals surface area (Å²) in [5, 5.41) is 2.83. The van der Waals surface area contributed by atoms with Crippen molar-refractivity contribution in [1.82, 2.24) is 9.62 Å². The van der Waals surface area contributed by atoms with Gasteiger partial charge in [0.15, 0.2) is 0 Å². The van der Waals surface area contributed by atoms with Crippen LogP contribution in [0.25, 0.3) is 0 Å². The van der Waals surface area contributed by atoms with Gasteiger partial charge >= 0.3 is 0 Å². The van der Waals surface area contributed by atoms with Crippen LogP contribution in [0.2, 0.25) is 0 Å². The van der Waals surface area contributed by atoms with E-state index >= 15 is 0 Å². The van der Waals surface area contributed by atoms with E-state index in [1.165, 1.54) is 10.4 Å². The molecule has 0 atom stereocenters. The van der Waals surface area contributed by atoms with Crippen molar-refractivity contribution in [3.8, 4) is 0 Å². The molecule has 1 aromatic carbocycles. The summed E-state index contributed by atoms with van der Waals surface area (Å²) in [5.41, 5.74) is 1.15. The van der Waals surface area contributed by atoms with Crippen LogP contribution < -0.4 is 5.32 Å². The molecule has 24 heavy (non-hydrogen) atoms. The number of hydrogen-bond acceptors (Lipinski definition) is 4. The first-order chi connectivity index (χ1) is 11.4. The zero-order valence-electron chi connectivity index (χ0n) is 15.0. The normalized spacial score (nSPS) is 11.7. The zero-order valence-corrected chi connectivity index (χ0v) is 15.8. The maximum absolute atomic E-state index is 12.6. The molecule has 6 nitrogen and oxygen atoms in total. The Balaban J connectivity index is 2.92. The molecular formula is C17H28N2O4S. The van der Waals surface area contributed by atoms with E-state index in [4.69, 9.17) is 4.74 Å². The number of carbonyl (C=O) groups is 1. The number of methoxy groups -OCH3 is 1. The number of rotatable bonds is 10. The molecule has 0 aliphatic carbocycles. The number of sulfonamides is 1. The number of nitrogens with zero attached hydrogens (tertiary/aromatic N) is 1. The van der Waals surface area contributed by atoms with Gasteiger partial charge in [0.1, 0.15) is 0 Å². The van der Waals surface area contributed by atoms with Crippen LogP contribution in [0.3, 0.4) is 0 Å². The van der Waals surface area contributed by atoms with Gasteiger partial charge in [-0.05, 0) is 37.5 Å². The van der Waals surface area contributed by atoms with Crippen molar-refractivity contribution in [2.24, 2.45) is 0 Å². The van der Waals surface area contributed by atoms with Gasteiger partial charge in [0.05, 0.1) is 4.90 Å². The molecule has 1 rings (SSSR count). The number of aryl methyl sites for hydroxylation is 1. The van der Waals surface area contributed by atoms with Crippen molar-refractivity contribution in [3.05, 3.63) is 29.3 Å².